The first-order valence-corrected chi connectivity index (χ1v) is 12.0. The number of ether oxygens (including phenoxy) is 1. The van der Waals surface area contributed by atoms with Crippen LogP contribution in [-0.4, -0.2) is 68.5 Å². The number of aliphatic hydroxyl groups is 1. The average molecular weight is 551 g/mol. The molecule has 6 nitrogen and oxygen atoms in total. The molecule has 1 aromatic rings. The van der Waals surface area contributed by atoms with Gasteiger partial charge in [-0.3, -0.25) is 9.89 Å². The highest BCUT2D eigenvalue weighted by Crippen LogP contribution is 2.32. The molecule has 2 atom stereocenters. The molecule has 172 valence electrons. The Labute approximate surface area is 202 Å². The maximum atomic E-state index is 9.47. The van der Waals surface area contributed by atoms with Gasteiger partial charge in [-0.2, -0.15) is 0 Å². The third-order valence-corrected chi connectivity index (χ3v) is 7.31. The number of nitrogens with one attached hydrogen (secondary N) is 2. The van der Waals surface area contributed by atoms with Crippen LogP contribution in [0, 0.1) is 11.3 Å². The Hall–Kier alpha value is -0.420. The second-order valence-corrected chi connectivity index (χ2v) is 9.58. The Balaban J connectivity index is 0.00000320. The summed E-state index contributed by atoms with van der Waals surface area (Å²) in [5, 5.41) is 18.6. The predicted molar refractivity (Wildman–Crippen MR) is 136 cm³/mol. The number of aliphatic hydroxyl groups excluding tert-OH is 1. The first kappa shape index (κ1) is 25.8. The fourth-order valence-corrected chi connectivity index (χ4v) is 5.16. The standard InChI is InChI=1S/C22H38N4O2S.HI/c1-3-23-21(25-16-22(8-12-27)9-13-28-17-22)24-15-19(20-5-4-14-29-20)26-10-6-18(2)7-11-26;/h4-5,14,18-19,27H,3,6-13,15-17H2,1-2H3,(H2,23,24,25);1H. The summed E-state index contributed by atoms with van der Waals surface area (Å²) in [6, 6.07) is 4.79. The van der Waals surface area contributed by atoms with Gasteiger partial charge >= 0.3 is 0 Å². The Kier molecular flexibility index (Phi) is 11.4. The summed E-state index contributed by atoms with van der Waals surface area (Å²) < 4.78 is 5.61. The molecule has 2 saturated heterocycles. The number of hydrogen-bond donors (Lipinski definition) is 3. The van der Waals surface area contributed by atoms with Gasteiger partial charge in [-0.05, 0) is 63.1 Å². The first-order chi connectivity index (χ1) is 14.2. The summed E-state index contributed by atoms with van der Waals surface area (Å²) in [4.78, 5) is 8.93. The van der Waals surface area contributed by atoms with E-state index in [1.807, 2.05) is 11.3 Å². The van der Waals surface area contributed by atoms with Gasteiger partial charge in [0, 0.05) is 36.6 Å². The SMILES string of the molecule is CCNC(=NCC1(CCO)CCOC1)NCC(c1cccs1)N1CCC(C)CC1.I. The summed E-state index contributed by atoms with van der Waals surface area (Å²) in [6.07, 6.45) is 4.28. The molecule has 0 radical (unpaired) electrons. The summed E-state index contributed by atoms with van der Waals surface area (Å²) in [5.41, 5.74) is -0.0206. The highest BCUT2D eigenvalue weighted by molar-refractivity contribution is 14.0. The number of guanidine groups is 1. The Morgan fingerprint density at radius 3 is 2.80 bits per heavy atom. The molecule has 3 N–H and O–H groups in total. The van der Waals surface area contributed by atoms with E-state index in [1.165, 1.54) is 17.7 Å². The molecule has 2 aliphatic rings. The molecular weight excluding hydrogens is 511 g/mol. The first-order valence-electron chi connectivity index (χ1n) is 11.1. The molecule has 30 heavy (non-hydrogen) atoms. The van der Waals surface area contributed by atoms with E-state index < -0.39 is 0 Å². The van der Waals surface area contributed by atoms with E-state index in [1.54, 1.807) is 0 Å². The van der Waals surface area contributed by atoms with Crippen molar-refractivity contribution < 1.29 is 9.84 Å². The Bertz CT molecular complexity index is 615. The van der Waals surface area contributed by atoms with Crippen LogP contribution < -0.4 is 10.6 Å². The van der Waals surface area contributed by atoms with Crippen molar-refractivity contribution in [3.63, 3.8) is 0 Å². The fraction of sp³-hybridized carbons (Fsp3) is 0.773. The van der Waals surface area contributed by atoms with Gasteiger partial charge in [0.2, 0.25) is 0 Å². The smallest absolute Gasteiger partial charge is 0.191 e. The van der Waals surface area contributed by atoms with Crippen LogP contribution in [0.1, 0.15) is 50.4 Å². The van der Waals surface area contributed by atoms with Crippen molar-refractivity contribution in [3.8, 4) is 0 Å². The summed E-state index contributed by atoms with van der Waals surface area (Å²) >= 11 is 1.84. The van der Waals surface area contributed by atoms with Crippen molar-refractivity contribution in [1.82, 2.24) is 15.5 Å². The van der Waals surface area contributed by atoms with Gasteiger partial charge in [-0.15, -0.1) is 35.3 Å². The molecule has 3 rings (SSSR count). The van der Waals surface area contributed by atoms with E-state index in [2.05, 4.69) is 46.9 Å². The number of aliphatic imine (C=N–C) groups is 1. The van der Waals surface area contributed by atoms with Crippen molar-refractivity contribution in [3.05, 3.63) is 22.4 Å². The zero-order valence-corrected chi connectivity index (χ0v) is 21.6. The molecular formula is C22H39IN4O2S. The van der Waals surface area contributed by atoms with Crippen molar-refractivity contribution >= 4 is 41.3 Å². The minimum Gasteiger partial charge on any atom is -0.396 e. The molecule has 2 fully saturated rings. The Morgan fingerprint density at radius 1 is 1.40 bits per heavy atom. The molecule has 0 spiro atoms. The van der Waals surface area contributed by atoms with Gasteiger partial charge in [0.05, 0.1) is 19.2 Å². The monoisotopic (exact) mass is 550 g/mol. The second-order valence-electron chi connectivity index (χ2n) is 8.60. The molecule has 2 unspecified atom stereocenters. The maximum Gasteiger partial charge on any atom is 0.191 e. The van der Waals surface area contributed by atoms with Crippen LogP contribution >= 0.6 is 35.3 Å². The van der Waals surface area contributed by atoms with E-state index in [0.29, 0.717) is 19.2 Å². The predicted octanol–water partition coefficient (Wildman–Crippen LogP) is 3.48. The van der Waals surface area contributed by atoms with Gasteiger partial charge < -0.3 is 20.5 Å². The zero-order valence-electron chi connectivity index (χ0n) is 18.4. The minimum absolute atomic E-state index is 0. The second kappa shape index (κ2) is 13.2. The lowest BCUT2D eigenvalue weighted by Gasteiger charge is -2.36. The largest absolute Gasteiger partial charge is 0.396 e. The van der Waals surface area contributed by atoms with E-state index in [-0.39, 0.29) is 36.0 Å². The van der Waals surface area contributed by atoms with Crippen LogP contribution in [-0.2, 0) is 4.74 Å². The fourth-order valence-electron chi connectivity index (χ4n) is 4.30. The van der Waals surface area contributed by atoms with Gasteiger partial charge in [0.25, 0.3) is 0 Å². The van der Waals surface area contributed by atoms with Crippen molar-refractivity contribution in [2.75, 3.05) is 52.5 Å². The Morgan fingerprint density at radius 2 is 2.20 bits per heavy atom. The quantitative estimate of drug-likeness (QED) is 0.250. The van der Waals surface area contributed by atoms with E-state index >= 15 is 0 Å². The molecule has 0 saturated carbocycles. The van der Waals surface area contributed by atoms with Gasteiger partial charge in [-0.1, -0.05) is 13.0 Å². The van der Waals surface area contributed by atoms with Gasteiger partial charge in [-0.25, -0.2) is 0 Å². The molecule has 8 heteroatoms. The lowest BCUT2D eigenvalue weighted by atomic mass is 9.84. The zero-order chi connectivity index (χ0) is 20.5. The number of thiophene rings is 1. The highest BCUT2D eigenvalue weighted by atomic mass is 127. The van der Waals surface area contributed by atoms with Gasteiger partial charge in [0.15, 0.2) is 5.96 Å². The molecule has 2 aliphatic heterocycles. The number of nitrogens with zero attached hydrogens (tertiary/aromatic N) is 2. The van der Waals surface area contributed by atoms with Crippen LogP contribution in [0.2, 0.25) is 0 Å². The minimum atomic E-state index is -0.0206. The van der Waals surface area contributed by atoms with Crippen molar-refractivity contribution in [2.24, 2.45) is 16.3 Å². The number of halogens is 1. The van der Waals surface area contributed by atoms with Crippen LogP contribution in [0.25, 0.3) is 0 Å². The third-order valence-electron chi connectivity index (χ3n) is 6.34. The number of piperidine rings is 1. The van der Waals surface area contributed by atoms with Gasteiger partial charge in [0.1, 0.15) is 0 Å². The van der Waals surface area contributed by atoms with Crippen molar-refractivity contribution in [2.45, 2.75) is 45.6 Å². The van der Waals surface area contributed by atoms with E-state index in [9.17, 15) is 5.11 Å². The molecule has 3 heterocycles. The van der Waals surface area contributed by atoms with E-state index in [4.69, 9.17) is 9.73 Å². The van der Waals surface area contributed by atoms with Crippen molar-refractivity contribution in [1.29, 1.82) is 0 Å². The molecule has 0 bridgehead atoms. The number of hydrogen-bond acceptors (Lipinski definition) is 5. The molecule has 0 aromatic carbocycles. The summed E-state index contributed by atoms with van der Waals surface area (Å²) in [6.45, 7) is 10.8. The molecule has 1 aromatic heterocycles. The normalized spacial score (nSPS) is 24.4. The molecule has 0 amide bonds. The summed E-state index contributed by atoms with van der Waals surface area (Å²) in [5.74, 6) is 1.70. The number of likely N-dealkylation sites (tertiary alicyclic amines) is 1. The van der Waals surface area contributed by atoms with Crippen LogP contribution in [0.15, 0.2) is 22.5 Å². The lowest BCUT2D eigenvalue weighted by molar-refractivity contribution is 0.131. The van der Waals surface area contributed by atoms with Crippen LogP contribution in [0.5, 0.6) is 0 Å². The third kappa shape index (κ3) is 7.32. The summed E-state index contributed by atoms with van der Waals surface area (Å²) in [7, 11) is 0. The topological polar surface area (TPSA) is 69.1 Å². The van der Waals surface area contributed by atoms with Crippen LogP contribution in [0.3, 0.4) is 0 Å². The molecule has 0 aliphatic carbocycles. The maximum absolute atomic E-state index is 9.47. The van der Waals surface area contributed by atoms with Crippen LogP contribution in [0.4, 0.5) is 0 Å². The average Bonchev–Trinajstić information content (AvgIpc) is 3.41. The lowest BCUT2D eigenvalue weighted by Crippen LogP contribution is -2.45. The highest BCUT2D eigenvalue weighted by Gasteiger charge is 2.34. The van der Waals surface area contributed by atoms with E-state index in [0.717, 1.165) is 57.5 Å². The number of rotatable bonds is 9.